The summed E-state index contributed by atoms with van der Waals surface area (Å²) in [4.78, 5) is 20.3. The monoisotopic (exact) mass is 294 g/mol. The van der Waals surface area contributed by atoms with Crippen LogP contribution in [-0.4, -0.2) is 21.0 Å². The number of carbonyl (C=O) groups excluding carboxylic acids is 1. The van der Waals surface area contributed by atoms with Crippen LogP contribution >= 0.6 is 0 Å². The Morgan fingerprint density at radius 2 is 2.09 bits per heavy atom. The third kappa shape index (κ3) is 2.95. The van der Waals surface area contributed by atoms with Crippen LogP contribution in [0.15, 0.2) is 48.7 Å². The minimum absolute atomic E-state index is 0.0715. The Morgan fingerprint density at radius 1 is 1.23 bits per heavy atom. The molecule has 0 spiro atoms. The Labute approximate surface area is 126 Å². The van der Waals surface area contributed by atoms with E-state index in [1.54, 1.807) is 18.2 Å². The lowest BCUT2D eigenvalue weighted by Gasteiger charge is -2.06. The SMILES string of the molecule is Nc1ccc2nc(CC(=O)Nc3ncccc3O)ccc2c1. The molecule has 6 nitrogen and oxygen atoms in total. The summed E-state index contributed by atoms with van der Waals surface area (Å²) in [5.41, 5.74) is 7.80. The predicted octanol–water partition coefficient (Wildman–Crippen LogP) is 2.10. The highest BCUT2D eigenvalue weighted by molar-refractivity contribution is 5.92. The Balaban J connectivity index is 1.76. The Morgan fingerprint density at radius 3 is 2.91 bits per heavy atom. The van der Waals surface area contributed by atoms with Crippen molar-refractivity contribution in [3.63, 3.8) is 0 Å². The van der Waals surface area contributed by atoms with Gasteiger partial charge in [-0.25, -0.2) is 4.98 Å². The number of nitrogens with zero attached hydrogens (tertiary/aromatic N) is 2. The van der Waals surface area contributed by atoms with Crippen molar-refractivity contribution in [3.05, 3.63) is 54.4 Å². The first kappa shape index (κ1) is 13.8. The molecule has 6 heteroatoms. The summed E-state index contributed by atoms with van der Waals surface area (Å²) in [7, 11) is 0. The Bertz CT molecular complexity index is 848. The molecule has 0 aliphatic heterocycles. The minimum atomic E-state index is -0.295. The van der Waals surface area contributed by atoms with E-state index in [-0.39, 0.29) is 23.9 Å². The third-order valence-electron chi connectivity index (χ3n) is 3.16. The number of carbonyl (C=O) groups is 1. The lowest BCUT2D eigenvalue weighted by molar-refractivity contribution is -0.115. The van der Waals surface area contributed by atoms with Gasteiger partial charge >= 0.3 is 0 Å². The first-order chi connectivity index (χ1) is 10.6. The topological polar surface area (TPSA) is 101 Å². The molecule has 3 rings (SSSR count). The molecule has 0 saturated carbocycles. The standard InChI is InChI=1S/C16H14N4O2/c17-11-4-6-13-10(8-11)3-5-12(19-13)9-15(22)20-16-14(21)2-1-7-18-16/h1-8,21H,9,17H2,(H,18,20,22). The molecule has 1 amide bonds. The van der Waals surface area contributed by atoms with Gasteiger partial charge in [-0.15, -0.1) is 0 Å². The molecule has 2 heterocycles. The van der Waals surface area contributed by atoms with Crippen molar-refractivity contribution in [1.29, 1.82) is 0 Å². The van der Waals surface area contributed by atoms with Gasteiger partial charge in [-0.1, -0.05) is 6.07 Å². The number of rotatable bonds is 3. The quantitative estimate of drug-likeness (QED) is 0.642. The number of pyridine rings is 2. The molecule has 0 aliphatic rings. The summed E-state index contributed by atoms with van der Waals surface area (Å²) in [5, 5.41) is 13.1. The van der Waals surface area contributed by atoms with Gasteiger partial charge in [-0.2, -0.15) is 0 Å². The van der Waals surface area contributed by atoms with E-state index in [0.29, 0.717) is 11.4 Å². The summed E-state index contributed by atoms with van der Waals surface area (Å²) in [6.07, 6.45) is 1.59. The normalized spacial score (nSPS) is 10.5. The molecule has 4 N–H and O–H groups in total. The highest BCUT2D eigenvalue weighted by Gasteiger charge is 2.09. The maximum absolute atomic E-state index is 12.0. The van der Waals surface area contributed by atoms with Crippen LogP contribution in [0.1, 0.15) is 5.69 Å². The summed E-state index contributed by atoms with van der Waals surface area (Å²) in [5.74, 6) is -0.227. The number of aromatic nitrogens is 2. The molecule has 22 heavy (non-hydrogen) atoms. The maximum atomic E-state index is 12.0. The molecule has 0 saturated heterocycles. The van der Waals surface area contributed by atoms with Crippen molar-refractivity contribution in [2.24, 2.45) is 0 Å². The fraction of sp³-hybridized carbons (Fsp3) is 0.0625. The molecule has 1 aromatic carbocycles. The number of aromatic hydroxyl groups is 1. The number of benzene rings is 1. The van der Waals surface area contributed by atoms with E-state index in [4.69, 9.17) is 5.73 Å². The van der Waals surface area contributed by atoms with Crippen molar-refractivity contribution in [2.45, 2.75) is 6.42 Å². The van der Waals surface area contributed by atoms with Crippen LogP contribution in [0, 0.1) is 0 Å². The second-order valence-electron chi connectivity index (χ2n) is 4.85. The van der Waals surface area contributed by atoms with Gasteiger partial charge in [0.25, 0.3) is 0 Å². The van der Waals surface area contributed by atoms with E-state index in [0.717, 1.165) is 10.9 Å². The van der Waals surface area contributed by atoms with E-state index in [1.807, 2.05) is 18.2 Å². The molecule has 0 aliphatic carbocycles. The van der Waals surface area contributed by atoms with Gasteiger partial charge in [0.15, 0.2) is 11.6 Å². The largest absolute Gasteiger partial charge is 0.504 e. The summed E-state index contributed by atoms with van der Waals surface area (Å²) in [6.45, 7) is 0. The van der Waals surface area contributed by atoms with Gasteiger partial charge in [-0.05, 0) is 36.4 Å². The van der Waals surface area contributed by atoms with Crippen LogP contribution in [-0.2, 0) is 11.2 Å². The third-order valence-corrected chi connectivity index (χ3v) is 3.16. The fourth-order valence-electron chi connectivity index (χ4n) is 2.12. The lowest BCUT2D eigenvalue weighted by Crippen LogP contribution is -2.16. The predicted molar refractivity (Wildman–Crippen MR) is 84.4 cm³/mol. The first-order valence-electron chi connectivity index (χ1n) is 6.71. The Kier molecular flexibility index (Phi) is 3.57. The Hall–Kier alpha value is -3.15. The number of nitrogens with two attached hydrogens (primary N) is 1. The number of hydrogen-bond acceptors (Lipinski definition) is 5. The number of hydrogen-bond donors (Lipinski definition) is 3. The average molecular weight is 294 g/mol. The van der Waals surface area contributed by atoms with Crippen molar-refractivity contribution >= 4 is 28.3 Å². The zero-order valence-corrected chi connectivity index (χ0v) is 11.7. The molecule has 0 bridgehead atoms. The van der Waals surface area contributed by atoms with Crippen molar-refractivity contribution in [1.82, 2.24) is 9.97 Å². The van der Waals surface area contributed by atoms with Crippen LogP contribution in [0.2, 0.25) is 0 Å². The zero-order valence-electron chi connectivity index (χ0n) is 11.7. The zero-order chi connectivity index (χ0) is 15.5. The van der Waals surface area contributed by atoms with Crippen LogP contribution < -0.4 is 11.1 Å². The van der Waals surface area contributed by atoms with E-state index in [1.165, 1.54) is 12.3 Å². The first-order valence-corrected chi connectivity index (χ1v) is 6.71. The molecule has 0 atom stereocenters. The fourth-order valence-corrected chi connectivity index (χ4v) is 2.12. The van der Waals surface area contributed by atoms with E-state index < -0.39 is 0 Å². The number of nitrogens with one attached hydrogen (secondary N) is 1. The number of amides is 1. The number of nitrogen functional groups attached to an aromatic ring is 1. The average Bonchev–Trinajstić information content (AvgIpc) is 2.50. The highest BCUT2D eigenvalue weighted by Crippen LogP contribution is 2.19. The van der Waals surface area contributed by atoms with Gasteiger partial charge in [0.05, 0.1) is 17.6 Å². The second-order valence-corrected chi connectivity index (χ2v) is 4.85. The van der Waals surface area contributed by atoms with Crippen molar-refractivity contribution in [3.8, 4) is 5.75 Å². The van der Waals surface area contributed by atoms with Crippen molar-refractivity contribution in [2.75, 3.05) is 11.1 Å². The van der Waals surface area contributed by atoms with E-state index in [9.17, 15) is 9.90 Å². The maximum Gasteiger partial charge on any atom is 0.231 e. The molecule has 0 unspecified atom stereocenters. The smallest absolute Gasteiger partial charge is 0.231 e. The van der Waals surface area contributed by atoms with Crippen LogP contribution in [0.5, 0.6) is 5.75 Å². The molecular formula is C16H14N4O2. The van der Waals surface area contributed by atoms with E-state index in [2.05, 4.69) is 15.3 Å². The minimum Gasteiger partial charge on any atom is -0.504 e. The van der Waals surface area contributed by atoms with Gasteiger partial charge < -0.3 is 16.2 Å². The lowest BCUT2D eigenvalue weighted by atomic mass is 10.1. The van der Waals surface area contributed by atoms with Gasteiger partial charge in [0.2, 0.25) is 5.91 Å². The number of anilines is 2. The summed E-state index contributed by atoms with van der Waals surface area (Å²) >= 11 is 0. The number of fused-ring (bicyclic) bond motifs is 1. The van der Waals surface area contributed by atoms with E-state index >= 15 is 0 Å². The molecule has 0 radical (unpaired) electrons. The summed E-state index contributed by atoms with van der Waals surface area (Å²) < 4.78 is 0. The molecule has 2 aromatic heterocycles. The van der Waals surface area contributed by atoms with Crippen LogP contribution in [0.25, 0.3) is 10.9 Å². The van der Waals surface area contributed by atoms with Crippen LogP contribution in [0.3, 0.4) is 0 Å². The molecule has 0 fully saturated rings. The van der Waals surface area contributed by atoms with Crippen molar-refractivity contribution < 1.29 is 9.90 Å². The molecular weight excluding hydrogens is 280 g/mol. The second kappa shape index (κ2) is 5.69. The summed E-state index contributed by atoms with van der Waals surface area (Å²) in [6, 6.07) is 12.1. The van der Waals surface area contributed by atoms with Gasteiger partial charge in [0.1, 0.15) is 0 Å². The van der Waals surface area contributed by atoms with Crippen LogP contribution in [0.4, 0.5) is 11.5 Å². The van der Waals surface area contributed by atoms with Gasteiger partial charge in [0, 0.05) is 17.3 Å². The molecule has 110 valence electrons. The highest BCUT2D eigenvalue weighted by atomic mass is 16.3. The van der Waals surface area contributed by atoms with Gasteiger partial charge in [-0.3, -0.25) is 9.78 Å². The molecule has 3 aromatic rings.